The molecule has 0 amide bonds. The van der Waals surface area contributed by atoms with Crippen LogP contribution < -0.4 is 0 Å². The minimum Gasteiger partial charge on any atom is -0.286 e. The molecule has 0 saturated heterocycles. The summed E-state index contributed by atoms with van der Waals surface area (Å²) in [6, 6.07) is 0.225. The number of hydrogen-bond donors (Lipinski definition) is 0. The van der Waals surface area contributed by atoms with E-state index in [2.05, 4.69) is 0 Å². The van der Waals surface area contributed by atoms with Gasteiger partial charge < -0.3 is 0 Å². The maximum absolute atomic E-state index is 10.9. The van der Waals surface area contributed by atoms with Crippen LogP contribution in [-0.4, -0.2) is 20.0 Å². The molecule has 13 heavy (non-hydrogen) atoms. The molecular weight excluding hydrogens is 206 g/mol. The molecule has 0 rings (SSSR count). The third-order valence-electron chi connectivity index (χ3n) is 1.39. The Morgan fingerprint density at radius 1 is 1.23 bits per heavy atom. The van der Waals surface area contributed by atoms with Gasteiger partial charge in [0.05, 0.1) is 0 Å². The minimum absolute atomic E-state index is 0.00838. The molecule has 5 heteroatoms. The Labute approximate surface area is 87.9 Å². The Morgan fingerprint density at radius 3 is 1.85 bits per heavy atom. The average molecular weight is 221 g/mol. The van der Waals surface area contributed by atoms with Gasteiger partial charge in [-0.05, 0) is 13.3 Å². The zero-order valence-electron chi connectivity index (χ0n) is 8.36. The first-order valence-electron chi connectivity index (χ1n) is 4.13. The maximum atomic E-state index is 10.9. The van der Waals surface area contributed by atoms with Crippen LogP contribution in [0.1, 0.15) is 34.1 Å². The molecule has 0 saturated carbocycles. The highest BCUT2D eigenvalue weighted by atomic mass is 32.2. The van der Waals surface area contributed by atoms with Crippen LogP contribution in [-0.2, 0) is 9.59 Å². The van der Waals surface area contributed by atoms with Crippen molar-refractivity contribution in [3.63, 3.8) is 0 Å². The molecule has 0 aliphatic heterocycles. The highest BCUT2D eigenvalue weighted by Crippen LogP contribution is 2.27. The van der Waals surface area contributed by atoms with Gasteiger partial charge in [-0.15, -0.1) is 0 Å². The Bertz CT molecular complexity index is 181. The van der Waals surface area contributed by atoms with Crippen molar-refractivity contribution >= 4 is 34.1 Å². The molecule has 0 heterocycles. The summed E-state index contributed by atoms with van der Waals surface area (Å²) < 4.78 is 1.75. The van der Waals surface area contributed by atoms with Crippen LogP contribution in [0.3, 0.4) is 0 Å². The minimum atomic E-state index is 0.00838. The molecule has 0 aliphatic carbocycles. The summed E-state index contributed by atoms with van der Waals surface area (Å²) in [6.45, 7) is 7.02. The molecule has 0 aromatic rings. The largest absolute Gasteiger partial charge is 0.286 e. The molecule has 3 nitrogen and oxygen atoms in total. The van der Waals surface area contributed by atoms with E-state index in [1.54, 1.807) is 3.71 Å². The van der Waals surface area contributed by atoms with Crippen LogP contribution >= 0.6 is 23.9 Å². The van der Waals surface area contributed by atoms with E-state index in [1.165, 1.54) is 13.8 Å². The van der Waals surface area contributed by atoms with E-state index >= 15 is 0 Å². The SMILES string of the molecule is CCC(C)N(SC(C)=O)SC(C)=O. The molecule has 1 unspecified atom stereocenters. The van der Waals surface area contributed by atoms with Crippen molar-refractivity contribution in [1.82, 2.24) is 3.71 Å². The Morgan fingerprint density at radius 2 is 1.62 bits per heavy atom. The van der Waals surface area contributed by atoms with E-state index in [4.69, 9.17) is 0 Å². The first-order valence-corrected chi connectivity index (χ1v) is 5.68. The van der Waals surface area contributed by atoms with E-state index in [0.29, 0.717) is 0 Å². The van der Waals surface area contributed by atoms with Gasteiger partial charge in [-0.25, -0.2) is 0 Å². The fourth-order valence-corrected chi connectivity index (χ4v) is 2.54. The normalized spacial score (nSPS) is 13.0. The molecule has 0 fully saturated rings. The van der Waals surface area contributed by atoms with Crippen LogP contribution in [0, 0.1) is 0 Å². The van der Waals surface area contributed by atoms with Crippen LogP contribution in [0.25, 0.3) is 0 Å². The van der Waals surface area contributed by atoms with Gasteiger partial charge >= 0.3 is 0 Å². The standard InChI is InChI=1S/C8H15NO2S2/c1-5-6(2)9(12-7(3)10)13-8(4)11/h6H,5H2,1-4H3. The van der Waals surface area contributed by atoms with Crippen molar-refractivity contribution in [3.8, 4) is 0 Å². The summed E-state index contributed by atoms with van der Waals surface area (Å²) in [6.07, 6.45) is 0.917. The summed E-state index contributed by atoms with van der Waals surface area (Å²) in [7, 11) is 0. The van der Waals surface area contributed by atoms with Crippen molar-refractivity contribution in [1.29, 1.82) is 0 Å². The van der Waals surface area contributed by atoms with Gasteiger partial charge in [0.25, 0.3) is 0 Å². The molecule has 0 bridgehead atoms. The summed E-state index contributed by atoms with van der Waals surface area (Å²) in [4.78, 5) is 21.7. The fraction of sp³-hybridized carbons (Fsp3) is 0.750. The highest BCUT2D eigenvalue weighted by Gasteiger charge is 2.17. The first kappa shape index (κ1) is 13.0. The predicted molar refractivity (Wildman–Crippen MR) is 58.1 cm³/mol. The van der Waals surface area contributed by atoms with Gasteiger partial charge in [0.2, 0.25) is 10.2 Å². The zero-order chi connectivity index (χ0) is 10.4. The third kappa shape index (κ3) is 6.12. The van der Waals surface area contributed by atoms with Gasteiger partial charge in [0.1, 0.15) is 0 Å². The predicted octanol–water partition coefficient (Wildman–Crippen LogP) is 2.48. The van der Waals surface area contributed by atoms with Crippen molar-refractivity contribution in [3.05, 3.63) is 0 Å². The number of carbonyl (C=O) groups is 2. The van der Waals surface area contributed by atoms with Crippen LogP contribution in [0.5, 0.6) is 0 Å². The van der Waals surface area contributed by atoms with Crippen LogP contribution in [0.2, 0.25) is 0 Å². The van der Waals surface area contributed by atoms with E-state index in [-0.39, 0.29) is 16.3 Å². The lowest BCUT2D eigenvalue weighted by molar-refractivity contribution is -0.109. The number of carbonyl (C=O) groups excluding carboxylic acids is 2. The summed E-state index contributed by atoms with van der Waals surface area (Å²) in [5.74, 6) is 0. The Hall–Kier alpha value is -0.0000000000000000555. The Kier molecular flexibility index (Phi) is 6.45. The number of nitrogens with zero attached hydrogens (tertiary/aromatic N) is 1. The zero-order valence-corrected chi connectivity index (χ0v) is 10.00. The van der Waals surface area contributed by atoms with Crippen molar-refractivity contribution < 1.29 is 9.59 Å². The summed E-state index contributed by atoms with van der Waals surface area (Å²) in [5.41, 5.74) is 0. The summed E-state index contributed by atoms with van der Waals surface area (Å²) >= 11 is 2.19. The van der Waals surface area contributed by atoms with Crippen molar-refractivity contribution in [2.45, 2.75) is 40.2 Å². The monoisotopic (exact) mass is 221 g/mol. The Balaban J connectivity index is 4.17. The van der Waals surface area contributed by atoms with Gasteiger partial charge in [0, 0.05) is 43.8 Å². The second-order valence-electron chi connectivity index (χ2n) is 2.71. The van der Waals surface area contributed by atoms with Gasteiger partial charge in [-0.3, -0.25) is 9.59 Å². The molecule has 0 N–H and O–H groups in total. The lowest BCUT2D eigenvalue weighted by atomic mass is 10.3. The molecular formula is C8H15NO2S2. The lowest BCUT2D eigenvalue weighted by Gasteiger charge is -2.22. The fourth-order valence-electron chi connectivity index (χ4n) is 0.601. The van der Waals surface area contributed by atoms with Gasteiger partial charge in [0.15, 0.2) is 0 Å². The topological polar surface area (TPSA) is 37.4 Å². The first-order chi connectivity index (χ1) is 5.97. The van der Waals surface area contributed by atoms with E-state index in [9.17, 15) is 9.59 Å². The van der Waals surface area contributed by atoms with E-state index < -0.39 is 0 Å². The van der Waals surface area contributed by atoms with E-state index in [0.717, 1.165) is 30.3 Å². The van der Waals surface area contributed by atoms with Gasteiger partial charge in [-0.2, -0.15) is 3.71 Å². The lowest BCUT2D eigenvalue weighted by Crippen LogP contribution is -2.21. The quantitative estimate of drug-likeness (QED) is 0.682. The van der Waals surface area contributed by atoms with Crippen LogP contribution in [0.15, 0.2) is 0 Å². The second kappa shape index (κ2) is 6.45. The molecule has 76 valence electrons. The van der Waals surface area contributed by atoms with Crippen molar-refractivity contribution in [2.24, 2.45) is 0 Å². The second-order valence-corrected chi connectivity index (χ2v) is 5.24. The molecule has 0 spiro atoms. The highest BCUT2D eigenvalue weighted by molar-refractivity contribution is 8.25. The molecule has 0 aromatic carbocycles. The number of rotatable bonds is 4. The summed E-state index contributed by atoms with van der Waals surface area (Å²) in [5, 5.41) is 0.0168. The third-order valence-corrected chi connectivity index (χ3v) is 3.43. The average Bonchev–Trinajstić information content (AvgIpc) is 2.00. The van der Waals surface area contributed by atoms with Crippen LogP contribution in [0.4, 0.5) is 0 Å². The molecule has 0 aliphatic rings. The smallest absolute Gasteiger partial charge is 0.201 e. The van der Waals surface area contributed by atoms with Gasteiger partial charge in [-0.1, -0.05) is 6.92 Å². The molecule has 1 atom stereocenters. The molecule has 0 aromatic heterocycles. The van der Waals surface area contributed by atoms with Crippen molar-refractivity contribution in [2.75, 3.05) is 0 Å². The molecule has 0 radical (unpaired) electrons. The maximum Gasteiger partial charge on any atom is 0.201 e. The van der Waals surface area contributed by atoms with E-state index in [1.807, 2.05) is 13.8 Å². The number of hydrogen-bond acceptors (Lipinski definition) is 5.